The van der Waals surface area contributed by atoms with Crippen molar-refractivity contribution in [3.63, 3.8) is 0 Å². The molecule has 25 heavy (non-hydrogen) atoms. The van der Waals surface area contributed by atoms with E-state index in [4.69, 9.17) is 0 Å². The van der Waals surface area contributed by atoms with Crippen molar-refractivity contribution in [2.24, 2.45) is 4.99 Å². The molecule has 0 radical (unpaired) electrons. The van der Waals surface area contributed by atoms with Crippen LogP contribution in [-0.4, -0.2) is 40.4 Å². The van der Waals surface area contributed by atoms with Crippen LogP contribution in [0.4, 0.5) is 0 Å². The standard InChI is InChI=1S/C18H28N6.HI/c1-4-17-23-22-14-24(17)13-12-21-18(19-5-2)20-11-10-16-8-6-15(3)7-9-16;/h6-9,14H,4-5,10-13H2,1-3H3,(H2,19,20,21);1H. The van der Waals surface area contributed by atoms with Gasteiger partial charge in [0.1, 0.15) is 12.2 Å². The van der Waals surface area contributed by atoms with Gasteiger partial charge in [0.2, 0.25) is 0 Å². The third-order valence-electron chi connectivity index (χ3n) is 3.79. The van der Waals surface area contributed by atoms with Crippen LogP contribution in [0.5, 0.6) is 0 Å². The highest BCUT2D eigenvalue weighted by molar-refractivity contribution is 14.0. The fourth-order valence-corrected chi connectivity index (χ4v) is 2.43. The molecule has 0 amide bonds. The van der Waals surface area contributed by atoms with Crippen molar-refractivity contribution in [2.75, 3.05) is 19.6 Å². The van der Waals surface area contributed by atoms with Gasteiger partial charge in [0, 0.05) is 32.6 Å². The van der Waals surface area contributed by atoms with Crippen molar-refractivity contribution in [3.8, 4) is 0 Å². The molecule has 1 aromatic carbocycles. The average molecular weight is 456 g/mol. The first-order valence-corrected chi connectivity index (χ1v) is 8.67. The van der Waals surface area contributed by atoms with Crippen LogP contribution in [0.3, 0.4) is 0 Å². The van der Waals surface area contributed by atoms with Crippen LogP contribution in [0, 0.1) is 6.92 Å². The first-order chi connectivity index (χ1) is 11.7. The molecule has 138 valence electrons. The fraction of sp³-hybridized carbons (Fsp3) is 0.500. The minimum atomic E-state index is 0. The molecule has 1 heterocycles. The molecule has 7 heteroatoms. The number of benzene rings is 1. The molecule has 0 aliphatic carbocycles. The number of aliphatic imine (C=N–C) groups is 1. The summed E-state index contributed by atoms with van der Waals surface area (Å²) in [6, 6.07) is 8.63. The Hall–Kier alpha value is -1.64. The van der Waals surface area contributed by atoms with Gasteiger partial charge in [-0.05, 0) is 25.8 Å². The van der Waals surface area contributed by atoms with Gasteiger partial charge in [0.05, 0.1) is 0 Å². The van der Waals surface area contributed by atoms with Gasteiger partial charge in [-0.1, -0.05) is 36.8 Å². The number of rotatable bonds is 8. The van der Waals surface area contributed by atoms with Gasteiger partial charge in [-0.25, -0.2) is 0 Å². The molecule has 0 saturated carbocycles. The maximum atomic E-state index is 4.65. The second kappa shape index (κ2) is 11.8. The average Bonchev–Trinajstić information content (AvgIpc) is 3.04. The van der Waals surface area contributed by atoms with Gasteiger partial charge in [-0.2, -0.15) is 0 Å². The Morgan fingerprint density at radius 3 is 2.60 bits per heavy atom. The van der Waals surface area contributed by atoms with Crippen LogP contribution in [0.1, 0.15) is 30.8 Å². The molecule has 1 aromatic heterocycles. The van der Waals surface area contributed by atoms with Gasteiger partial charge in [0.25, 0.3) is 0 Å². The summed E-state index contributed by atoms with van der Waals surface area (Å²) in [5, 5.41) is 14.7. The molecule has 0 unspecified atom stereocenters. The van der Waals surface area contributed by atoms with Crippen molar-refractivity contribution in [1.29, 1.82) is 0 Å². The lowest BCUT2D eigenvalue weighted by Gasteiger charge is -2.12. The van der Waals surface area contributed by atoms with Crippen LogP contribution in [-0.2, 0) is 19.4 Å². The van der Waals surface area contributed by atoms with Gasteiger partial charge in [-0.3, -0.25) is 4.99 Å². The van der Waals surface area contributed by atoms with Crippen molar-refractivity contribution < 1.29 is 0 Å². The third kappa shape index (κ3) is 7.41. The molecule has 0 fully saturated rings. The SMILES string of the molecule is CCNC(=NCCc1ccc(C)cc1)NCCn1cnnc1CC.I. The summed E-state index contributed by atoms with van der Waals surface area (Å²) in [5.74, 6) is 1.87. The first kappa shape index (κ1) is 21.4. The fourth-order valence-electron chi connectivity index (χ4n) is 2.43. The van der Waals surface area contributed by atoms with Crippen molar-refractivity contribution in [3.05, 3.63) is 47.5 Å². The lowest BCUT2D eigenvalue weighted by atomic mass is 10.1. The number of guanidine groups is 1. The zero-order valence-electron chi connectivity index (χ0n) is 15.3. The topological polar surface area (TPSA) is 67.1 Å². The quantitative estimate of drug-likeness (QED) is 0.364. The summed E-state index contributed by atoms with van der Waals surface area (Å²) >= 11 is 0. The van der Waals surface area contributed by atoms with Crippen LogP contribution < -0.4 is 10.6 Å². The second-order valence-electron chi connectivity index (χ2n) is 5.72. The van der Waals surface area contributed by atoms with Crippen LogP contribution >= 0.6 is 24.0 Å². The molecule has 2 rings (SSSR count). The molecule has 0 aliphatic heterocycles. The molecule has 2 N–H and O–H groups in total. The van der Waals surface area contributed by atoms with E-state index in [9.17, 15) is 0 Å². The third-order valence-corrected chi connectivity index (χ3v) is 3.79. The van der Waals surface area contributed by atoms with Crippen LogP contribution in [0.15, 0.2) is 35.6 Å². The molecular formula is C18H29IN6. The predicted molar refractivity (Wildman–Crippen MR) is 114 cm³/mol. The Morgan fingerprint density at radius 2 is 1.92 bits per heavy atom. The van der Waals surface area contributed by atoms with Crippen molar-refractivity contribution in [1.82, 2.24) is 25.4 Å². The van der Waals surface area contributed by atoms with E-state index in [0.717, 1.165) is 50.8 Å². The molecule has 6 nitrogen and oxygen atoms in total. The first-order valence-electron chi connectivity index (χ1n) is 8.67. The maximum Gasteiger partial charge on any atom is 0.191 e. The lowest BCUT2D eigenvalue weighted by molar-refractivity contribution is 0.632. The zero-order valence-corrected chi connectivity index (χ0v) is 17.7. The van der Waals surface area contributed by atoms with Gasteiger partial charge < -0.3 is 15.2 Å². The highest BCUT2D eigenvalue weighted by Gasteiger charge is 2.02. The van der Waals surface area contributed by atoms with Gasteiger partial charge in [-0.15, -0.1) is 34.2 Å². The summed E-state index contributed by atoms with van der Waals surface area (Å²) in [4.78, 5) is 4.65. The van der Waals surface area contributed by atoms with E-state index < -0.39 is 0 Å². The minimum Gasteiger partial charge on any atom is -0.357 e. The smallest absolute Gasteiger partial charge is 0.191 e. The summed E-state index contributed by atoms with van der Waals surface area (Å²) in [6.45, 7) is 9.51. The summed E-state index contributed by atoms with van der Waals surface area (Å²) < 4.78 is 2.07. The summed E-state index contributed by atoms with van der Waals surface area (Å²) in [7, 11) is 0. The molecule has 0 saturated heterocycles. The van der Waals surface area contributed by atoms with Crippen LogP contribution in [0.25, 0.3) is 0 Å². The van der Waals surface area contributed by atoms with Crippen molar-refractivity contribution >= 4 is 29.9 Å². The number of halogens is 1. The number of aromatic nitrogens is 3. The lowest BCUT2D eigenvalue weighted by Crippen LogP contribution is -2.39. The highest BCUT2D eigenvalue weighted by atomic mass is 127. The minimum absolute atomic E-state index is 0. The number of hydrogen-bond acceptors (Lipinski definition) is 3. The Kier molecular flexibility index (Phi) is 10.1. The largest absolute Gasteiger partial charge is 0.357 e. The van der Waals surface area contributed by atoms with Crippen molar-refractivity contribution in [2.45, 2.75) is 40.2 Å². The number of nitrogens with zero attached hydrogens (tertiary/aromatic N) is 4. The zero-order chi connectivity index (χ0) is 17.2. The van der Waals surface area contributed by atoms with Gasteiger partial charge >= 0.3 is 0 Å². The summed E-state index contributed by atoms with van der Waals surface area (Å²) in [6.07, 6.45) is 3.62. The normalized spacial score (nSPS) is 11.1. The predicted octanol–water partition coefficient (Wildman–Crippen LogP) is 2.56. The van der Waals surface area contributed by atoms with E-state index in [1.807, 2.05) is 0 Å². The second-order valence-corrected chi connectivity index (χ2v) is 5.72. The van der Waals surface area contributed by atoms with E-state index >= 15 is 0 Å². The monoisotopic (exact) mass is 456 g/mol. The van der Waals surface area contributed by atoms with E-state index in [1.165, 1.54) is 11.1 Å². The number of nitrogens with one attached hydrogen (secondary N) is 2. The Balaban J connectivity index is 0.00000312. The molecule has 0 spiro atoms. The molecule has 2 aromatic rings. The molecule has 0 bridgehead atoms. The Morgan fingerprint density at radius 1 is 1.16 bits per heavy atom. The number of hydrogen-bond donors (Lipinski definition) is 2. The number of aryl methyl sites for hydroxylation is 2. The van der Waals surface area contributed by atoms with Crippen LogP contribution in [0.2, 0.25) is 0 Å². The summed E-state index contributed by atoms with van der Waals surface area (Å²) in [5.41, 5.74) is 2.61. The Labute approximate surface area is 167 Å². The molecule has 0 atom stereocenters. The van der Waals surface area contributed by atoms with E-state index in [2.05, 4.69) is 75.4 Å². The maximum absolute atomic E-state index is 4.65. The van der Waals surface area contributed by atoms with E-state index in [1.54, 1.807) is 6.33 Å². The van der Waals surface area contributed by atoms with E-state index in [-0.39, 0.29) is 24.0 Å². The Bertz CT molecular complexity index is 635. The molecular weight excluding hydrogens is 427 g/mol. The molecule has 0 aliphatic rings. The van der Waals surface area contributed by atoms with Gasteiger partial charge in [0.15, 0.2) is 5.96 Å². The van der Waals surface area contributed by atoms with E-state index in [0.29, 0.717) is 0 Å². The highest BCUT2D eigenvalue weighted by Crippen LogP contribution is 2.03.